The lowest BCUT2D eigenvalue weighted by Crippen LogP contribution is -2.40. The lowest BCUT2D eigenvalue weighted by atomic mass is 9.58. The van der Waals surface area contributed by atoms with E-state index in [1.165, 1.54) is 28.7 Å². The van der Waals surface area contributed by atoms with Crippen LogP contribution in [-0.4, -0.2) is 0 Å². The van der Waals surface area contributed by atoms with Crippen molar-refractivity contribution in [3.63, 3.8) is 0 Å². The highest BCUT2D eigenvalue weighted by atomic mass is 14.6. The highest BCUT2D eigenvalue weighted by Gasteiger charge is 2.56. The molecule has 0 heterocycles. The molecule has 4 atom stereocenters. The summed E-state index contributed by atoms with van der Waals surface area (Å²) in [5.74, 6) is 2.42. The zero-order chi connectivity index (χ0) is 18.0. The third-order valence-corrected chi connectivity index (χ3v) is 7.23. The van der Waals surface area contributed by atoms with E-state index < -0.39 is 0 Å². The molecule has 2 aromatic carbocycles. The van der Waals surface area contributed by atoms with Gasteiger partial charge in [-0.25, -0.2) is 0 Å². The normalized spacial score (nSPS) is 31.1. The molecule has 0 amide bonds. The predicted octanol–water partition coefficient (Wildman–Crippen LogP) is 6.46. The van der Waals surface area contributed by atoms with Gasteiger partial charge in [0.15, 0.2) is 0 Å². The molecule has 4 aliphatic rings. The first-order valence-corrected chi connectivity index (χ1v) is 10.2. The SMILES string of the molecule is CC1C=CC=CC1C1(C2=CC=CC3CC23)c2ccccc2-c2ccccc21. The molecule has 27 heavy (non-hydrogen) atoms. The molecule has 4 aliphatic carbocycles. The largest absolute Gasteiger partial charge is 0.0811 e. The molecule has 0 aliphatic heterocycles. The third kappa shape index (κ3) is 1.94. The van der Waals surface area contributed by atoms with Gasteiger partial charge in [-0.3, -0.25) is 0 Å². The van der Waals surface area contributed by atoms with E-state index in [4.69, 9.17) is 0 Å². The van der Waals surface area contributed by atoms with Crippen molar-refractivity contribution in [2.45, 2.75) is 18.8 Å². The number of hydrogen-bond acceptors (Lipinski definition) is 0. The molecule has 0 heteroatoms. The van der Waals surface area contributed by atoms with Crippen LogP contribution in [0.1, 0.15) is 24.5 Å². The van der Waals surface area contributed by atoms with Gasteiger partial charge in [0.2, 0.25) is 0 Å². The summed E-state index contributed by atoms with van der Waals surface area (Å²) in [6.45, 7) is 2.39. The van der Waals surface area contributed by atoms with Crippen LogP contribution in [0.5, 0.6) is 0 Å². The van der Waals surface area contributed by atoms with Crippen molar-refractivity contribution in [3.8, 4) is 11.1 Å². The van der Waals surface area contributed by atoms with Crippen LogP contribution >= 0.6 is 0 Å². The molecule has 0 bridgehead atoms. The zero-order valence-electron chi connectivity index (χ0n) is 15.7. The van der Waals surface area contributed by atoms with Crippen molar-refractivity contribution in [1.29, 1.82) is 0 Å². The van der Waals surface area contributed by atoms with Gasteiger partial charge in [-0.2, -0.15) is 0 Å². The molecule has 0 nitrogen and oxygen atoms in total. The Morgan fingerprint density at radius 2 is 1.44 bits per heavy atom. The molecule has 1 fully saturated rings. The molecular formula is C27H24. The van der Waals surface area contributed by atoms with Crippen molar-refractivity contribution in [2.75, 3.05) is 0 Å². The van der Waals surface area contributed by atoms with Crippen LogP contribution in [-0.2, 0) is 5.41 Å². The maximum atomic E-state index is 2.47. The minimum Gasteiger partial charge on any atom is -0.0811 e. The van der Waals surface area contributed by atoms with Crippen LogP contribution in [0.4, 0.5) is 0 Å². The summed E-state index contributed by atoms with van der Waals surface area (Å²) in [6, 6.07) is 18.3. The molecule has 6 rings (SSSR count). The van der Waals surface area contributed by atoms with Crippen molar-refractivity contribution >= 4 is 0 Å². The molecule has 0 radical (unpaired) electrons. The van der Waals surface area contributed by atoms with Crippen LogP contribution in [0, 0.1) is 23.7 Å². The fraction of sp³-hybridized carbons (Fsp3) is 0.259. The highest BCUT2D eigenvalue weighted by Crippen LogP contribution is 2.64. The summed E-state index contributed by atoms with van der Waals surface area (Å²) >= 11 is 0. The molecule has 132 valence electrons. The fourth-order valence-corrected chi connectivity index (χ4v) is 6.02. The first-order chi connectivity index (χ1) is 13.3. The molecule has 1 saturated carbocycles. The molecular weight excluding hydrogens is 324 g/mol. The summed E-state index contributed by atoms with van der Waals surface area (Å²) in [5.41, 5.74) is 7.47. The highest BCUT2D eigenvalue weighted by molar-refractivity contribution is 5.84. The average Bonchev–Trinajstić information content (AvgIpc) is 3.45. The van der Waals surface area contributed by atoms with Crippen LogP contribution < -0.4 is 0 Å². The van der Waals surface area contributed by atoms with Crippen LogP contribution in [0.15, 0.2) is 96.6 Å². The molecule has 0 saturated heterocycles. The number of rotatable bonds is 2. The standard InChI is InChI=1S/C27H24/c1-18-9-2-5-13-23(18)27(26-16-8-10-19-17-22(19)26)24-14-6-3-11-20(24)21-12-4-7-15-25(21)27/h2-16,18-19,22-23H,17H2,1H3. The van der Waals surface area contributed by atoms with Gasteiger partial charge in [-0.1, -0.05) is 104 Å². The Balaban J connectivity index is 1.72. The lowest BCUT2D eigenvalue weighted by Gasteiger charge is -2.44. The van der Waals surface area contributed by atoms with Crippen LogP contribution in [0.25, 0.3) is 11.1 Å². The molecule has 0 spiro atoms. The van der Waals surface area contributed by atoms with Gasteiger partial charge in [0.05, 0.1) is 0 Å². The quantitative estimate of drug-likeness (QED) is 0.584. The summed E-state index contributed by atoms with van der Waals surface area (Å²) < 4.78 is 0. The average molecular weight is 348 g/mol. The fourth-order valence-electron chi connectivity index (χ4n) is 6.02. The van der Waals surface area contributed by atoms with E-state index in [-0.39, 0.29) is 5.41 Å². The zero-order valence-corrected chi connectivity index (χ0v) is 15.7. The minimum absolute atomic E-state index is 0.0436. The second kappa shape index (κ2) is 5.45. The van der Waals surface area contributed by atoms with E-state index in [0.29, 0.717) is 17.8 Å². The second-order valence-electron chi connectivity index (χ2n) is 8.57. The first kappa shape index (κ1) is 15.5. The van der Waals surface area contributed by atoms with Gasteiger partial charge in [0.25, 0.3) is 0 Å². The van der Waals surface area contributed by atoms with E-state index in [2.05, 4.69) is 98.0 Å². The van der Waals surface area contributed by atoms with E-state index in [1.807, 2.05) is 0 Å². The van der Waals surface area contributed by atoms with Crippen molar-refractivity contribution < 1.29 is 0 Å². The molecule has 0 aromatic heterocycles. The predicted molar refractivity (Wildman–Crippen MR) is 112 cm³/mol. The smallest absolute Gasteiger partial charge is 0.0497 e. The Hall–Kier alpha value is -2.60. The van der Waals surface area contributed by atoms with Gasteiger partial charge >= 0.3 is 0 Å². The van der Waals surface area contributed by atoms with Gasteiger partial charge in [0.1, 0.15) is 0 Å². The topological polar surface area (TPSA) is 0 Å². The number of fused-ring (bicyclic) bond motifs is 4. The van der Waals surface area contributed by atoms with Crippen molar-refractivity contribution in [2.24, 2.45) is 23.7 Å². The van der Waals surface area contributed by atoms with Gasteiger partial charge in [-0.05, 0) is 46.4 Å². The van der Waals surface area contributed by atoms with Crippen molar-refractivity contribution in [3.05, 3.63) is 108 Å². The Morgan fingerprint density at radius 3 is 2.15 bits per heavy atom. The van der Waals surface area contributed by atoms with Gasteiger partial charge in [0, 0.05) is 11.3 Å². The summed E-state index contributed by atoms with van der Waals surface area (Å²) in [4.78, 5) is 0. The summed E-state index contributed by atoms with van der Waals surface area (Å²) in [6.07, 6.45) is 17.8. The summed E-state index contributed by atoms with van der Waals surface area (Å²) in [5, 5.41) is 0. The van der Waals surface area contributed by atoms with E-state index >= 15 is 0 Å². The van der Waals surface area contributed by atoms with Crippen molar-refractivity contribution in [1.82, 2.24) is 0 Å². The minimum atomic E-state index is -0.0436. The second-order valence-corrected chi connectivity index (χ2v) is 8.57. The number of benzene rings is 2. The van der Waals surface area contributed by atoms with Crippen LogP contribution in [0.3, 0.4) is 0 Å². The van der Waals surface area contributed by atoms with E-state index in [9.17, 15) is 0 Å². The Bertz CT molecular complexity index is 1000. The first-order valence-electron chi connectivity index (χ1n) is 10.2. The summed E-state index contributed by atoms with van der Waals surface area (Å²) in [7, 11) is 0. The maximum absolute atomic E-state index is 2.47. The molecule has 2 aromatic rings. The van der Waals surface area contributed by atoms with E-state index in [0.717, 1.165) is 5.92 Å². The van der Waals surface area contributed by atoms with E-state index in [1.54, 1.807) is 5.57 Å². The Morgan fingerprint density at radius 1 is 0.778 bits per heavy atom. The third-order valence-electron chi connectivity index (χ3n) is 7.23. The van der Waals surface area contributed by atoms with Gasteiger partial charge < -0.3 is 0 Å². The molecule has 0 N–H and O–H groups in total. The van der Waals surface area contributed by atoms with Gasteiger partial charge in [-0.15, -0.1) is 0 Å². The maximum Gasteiger partial charge on any atom is 0.0497 e. The Kier molecular flexibility index (Phi) is 3.12. The number of allylic oxidation sites excluding steroid dienone is 8. The lowest BCUT2D eigenvalue weighted by molar-refractivity contribution is 0.356. The monoisotopic (exact) mass is 348 g/mol. The van der Waals surface area contributed by atoms with Crippen LogP contribution in [0.2, 0.25) is 0 Å². The molecule has 4 unspecified atom stereocenters. The number of hydrogen-bond donors (Lipinski definition) is 0. The Labute approximate surface area is 161 Å².